The van der Waals surface area contributed by atoms with Gasteiger partial charge >= 0.3 is 0 Å². The molecular weight excluding hydrogens is 230 g/mol. The zero-order valence-corrected chi connectivity index (χ0v) is 9.95. The van der Waals surface area contributed by atoms with Gasteiger partial charge in [0.1, 0.15) is 0 Å². The van der Waals surface area contributed by atoms with Crippen LogP contribution in [0.4, 0.5) is 0 Å². The van der Waals surface area contributed by atoms with Gasteiger partial charge in [-0.1, -0.05) is 18.2 Å². The van der Waals surface area contributed by atoms with Crippen molar-refractivity contribution in [3.63, 3.8) is 0 Å². The molecule has 0 atom stereocenters. The summed E-state index contributed by atoms with van der Waals surface area (Å²) in [6.45, 7) is 0.491. The summed E-state index contributed by atoms with van der Waals surface area (Å²) in [6, 6.07) is 10.3. The third kappa shape index (κ3) is 1.81. The second-order valence-corrected chi connectivity index (χ2v) is 4.71. The molecule has 4 heteroatoms. The second kappa shape index (κ2) is 4.24. The third-order valence-corrected chi connectivity index (χ3v) is 3.67. The smallest absolute Gasteiger partial charge is 0.0947 e. The van der Waals surface area contributed by atoms with Gasteiger partial charge in [0, 0.05) is 27.6 Å². The maximum atomic E-state index is 5.62. The molecule has 2 N–H and O–H groups in total. The molecule has 17 heavy (non-hydrogen) atoms. The number of fused-ring (bicyclic) bond motifs is 1. The molecule has 0 spiro atoms. The van der Waals surface area contributed by atoms with Crippen LogP contribution < -0.4 is 5.73 Å². The van der Waals surface area contributed by atoms with Crippen molar-refractivity contribution in [2.45, 2.75) is 6.54 Å². The Morgan fingerprint density at radius 2 is 2.12 bits per heavy atom. The van der Waals surface area contributed by atoms with Crippen molar-refractivity contribution in [1.82, 2.24) is 10.2 Å². The van der Waals surface area contributed by atoms with Crippen LogP contribution in [0.3, 0.4) is 0 Å². The molecule has 0 radical (unpaired) electrons. The summed E-state index contributed by atoms with van der Waals surface area (Å²) in [5, 5.41) is 11.5. The maximum absolute atomic E-state index is 5.62. The lowest BCUT2D eigenvalue weighted by atomic mass is 10.1. The van der Waals surface area contributed by atoms with Crippen LogP contribution in [0.5, 0.6) is 0 Å². The van der Waals surface area contributed by atoms with Gasteiger partial charge in [0.05, 0.1) is 11.9 Å². The molecule has 3 aromatic rings. The highest BCUT2D eigenvalue weighted by Gasteiger charge is 2.07. The van der Waals surface area contributed by atoms with Crippen LogP contribution in [-0.2, 0) is 6.54 Å². The van der Waals surface area contributed by atoms with E-state index < -0.39 is 0 Å². The molecule has 0 saturated heterocycles. The topological polar surface area (TPSA) is 51.8 Å². The molecule has 0 amide bonds. The van der Waals surface area contributed by atoms with Crippen molar-refractivity contribution >= 4 is 21.4 Å². The molecule has 0 aliphatic rings. The number of benzene rings is 1. The van der Waals surface area contributed by atoms with E-state index >= 15 is 0 Å². The number of hydrogen-bond donors (Lipinski definition) is 1. The minimum atomic E-state index is 0.491. The predicted molar refractivity (Wildman–Crippen MR) is 70.7 cm³/mol. The largest absolute Gasteiger partial charge is 0.326 e. The zero-order chi connectivity index (χ0) is 11.7. The Morgan fingerprint density at radius 3 is 3.00 bits per heavy atom. The number of nitrogens with two attached hydrogens (primary N) is 1. The van der Waals surface area contributed by atoms with Gasteiger partial charge in [-0.25, -0.2) is 0 Å². The van der Waals surface area contributed by atoms with Crippen molar-refractivity contribution in [2.24, 2.45) is 5.73 Å². The molecule has 1 aromatic carbocycles. The Labute approximate surface area is 103 Å². The van der Waals surface area contributed by atoms with Gasteiger partial charge in [0.15, 0.2) is 0 Å². The summed E-state index contributed by atoms with van der Waals surface area (Å²) in [7, 11) is 0. The van der Waals surface area contributed by atoms with Crippen LogP contribution in [0, 0.1) is 0 Å². The van der Waals surface area contributed by atoms with Gasteiger partial charge in [0.25, 0.3) is 0 Å². The minimum absolute atomic E-state index is 0.491. The Balaban J connectivity index is 2.20. The lowest BCUT2D eigenvalue weighted by molar-refractivity contribution is 0.972. The van der Waals surface area contributed by atoms with Crippen LogP contribution in [-0.4, -0.2) is 10.2 Å². The summed E-state index contributed by atoms with van der Waals surface area (Å²) in [6.07, 6.45) is 1.71. The highest BCUT2D eigenvalue weighted by molar-refractivity contribution is 7.17. The number of hydrogen-bond acceptors (Lipinski definition) is 4. The van der Waals surface area contributed by atoms with Crippen molar-refractivity contribution in [2.75, 3.05) is 0 Å². The highest BCUT2D eigenvalue weighted by atomic mass is 32.1. The lowest BCUT2D eigenvalue weighted by Crippen LogP contribution is -1.98. The van der Waals surface area contributed by atoms with Crippen LogP contribution in [0.15, 0.2) is 41.9 Å². The first-order valence-corrected chi connectivity index (χ1v) is 6.25. The molecule has 0 saturated carbocycles. The molecule has 3 nitrogen and oxygen atoms in total. The Hall–Kier alpha value is -1.78. The predicted octanol–water partition coefficient (Wildman–Crippen LogP) is 2.82. The van der Waals surface area contributed by atoms with Gasteiger partial charge in [0.2, 0.25) is 0 Å². The summed E-state index contributed by atoms with van der Waals surface area (Å²) in [4.78, 5) is 0. The number of rotatable bonds is 2. The van der Waals surface area contributed by atoms with Crippen LogP contribution in [0.2, 0.25) is 0 Å². The highest BCUT2D eigenvalue weighted by Crippen LogP contribution is 2.32. The SMILES string of the molecule is NCc1cnnc(-c2csc3ccccc23)c1. The van der Waals surface area contributed by atoms with Crippen LogP contribution >= 0.6 is 11.3 Å². The number of aromatic nitrogens is 2. The van der Waals surface area contributed by atoms with Crippen molar-refractivity contribution < 1.29 is 0 Å². The summed E-state index contributed by atoms with van der Waals surface area (Å²) in [5.41, 5.74) is 8.65. The van der Waals surface area contributed by atoms with E-state index in [1.165, 1.54) is 10.1 Å². The molecule has 0 aliphatic carbocycles. The molecule has 84 valence electrons. The Morgan fingerprint density at radius 1 is 1.24 bits per heavy atom. The molecule has 2 aromatic heterocycles. The van der Waals surface area contributed by atoms with Crippen LogP contribution in [0.25, 0.3) is 21.3 Å². The van der Waals surface area contributed by atoms with Crippen molar-refractivity contribution in [3.8, 4) is 11.3 Å². The Bertz CT molecular complexity index is 660. The first-order valence-electron chi connectivity index (χ1n) is 5.37. The first-order chi connectivity index (χ1) is 8.38. The average molecular weight is 241 g/mol. The summed E-state index contributed by atoms with van der Waals surface area (Å²) >= 11 is 1.72. The first kappa shape index (κ1) is 10.4. The quantitative estimate of drug-likeness (QED) is 0.750. The second-order valence-electron chi connectivity index (χ2n) is 3.80. The standard InChI is InChI=1S/C13H11N3S/c14-6-9-5-12(16-15-7-9)11-8-17-13-4-2-1-3-10(11)13/h1-5,7-8H,6,14H2. The molecule has 3 rings (SSSR count). The van der Waals surface area contributed by atoms with Crippen molar-refractivity contribution in [1.29, 1.82) is 0 Å². The molecule has 0 aliphatic heterocycles. The number of nitrogens with zero attached hydrogens (tertiary/aromatic N) is 2. The van der Waals surface area contributed by atoms with E-state index in [0.717, 1.165) is 16.8 Å². The van der Waals surface area contributed by atoms with E-state index in [1.54, 1.807) is 17.5 Å². The normalized spacial score (nSPS) is 10.9. The molecular formula is C13H11N3S. The fourth-order valence-electron chi connectivity index (χ4n) is 1.83. The minimum Gasteiger partial charge on any atom is -0.326 e. The third-order valence-electron chi connectivity index (χ3n) is 2.70. The molecule has 2 heterocycles. The Kier molecular flexibility index (Phi) is 2.59. The zero-order valence-electron chi connectivity index (χ0n) is 9.13. The van der Waals surface area contributed by atoms with E-state index in [1.807, 2.05) is 18.2 Å². The molecule has 0 fully saturated rings. The van der Waals surface area contributed by atoms with Gasteiger partial charge in [-0.05, 0) is 17.7 Å². The van der Waals surface area contributed by atoms with E-state index in [9.17, 15) is 0 Å². The average Bonchev–Trinajstić information content (AvgIpc) is 2.82. The monoisotopic (exact) mass is 241 g/mol. The van der Waals surface area contributed by atoms with E-state index in [2.05, 4.69) is 27.7 Å². The molecule has 0 unspecified atom stereocenters. The molecule has 0 bridgehead atoms. The van der Waals surface area contributed by atoms with Gasteiger partial charge in [-0.3, -0.25) is 0 Å². The summed E-state index contributed by atoms with van der Waals surface area (Å²) in [5.74, 6) is 0. The van der Waals surface area contributed by atoms with E-state index in [4.69, 9.17) is 5.73 Å². The van der Waals surface area contributed by atoms with Crippen molar-refractivity contribution in [3.05, 3.63) is 47.5 Å². The van der Waals surface area contributed by atoms with Crippen LogP contribution in [0.1, 0.15) is 5.56 Å². The lowest BCUT2D eigenvalue weighted by Gasteiger charge is -2.00. The van der Waals surface area contributed by atoms with Gasteiger partial charge in [-0.15, -0.1) is 11.3 Å². The summed E-state index contributed by atoms with van der Waals surface area (Å²) < 4.78 is 1.27. The fraction of sp³-hybridized carbons (Fsp3) is 0.0769. The fourth-order valence-corrected chi connectivity index (χ4v) is 2.78. The van der Waals surface area contributed by atoms with E-state index in [0.29, 0.717) is 6.54 Å². The van der Waals surface area contributed by atoms with Gasteiger partial charge in [-0.2, -0.15) is 10.2 Å². The van der Waals surface area contributed by atoms with Gasteiger partial charge < -0.3 is 5.73 Å². The maximum Gasteiger partial charge on any atom is 0.0947 e. The van der Waals surface area contributed by atoms with E-state index in [-0.39, 0.29) is 0 Å². The number of thiophene rings is 1.